The molecule has 0 unspecified atom stereocenters. The van der Waals surface area contributed by atoms with Gasteiger partial charge in [-0.25, -0.2) is 0 Å². The van der Waals surface area contributed by atoms with Crippen LogP contribution in [0.25, 0.3) is 11.5 Å². The van der Waals surface area contributed by atoms with Gasteiger partial charge in [0.25, 0.3) is 0 Å². The molecule has 7 heteroatoms. The van der Waals surface area contributed by atoms with Crippen molar-refractivity contribution >= 4 is 22.9 Å². The van der Waals surface area contributed by atoms with Crippen LogP contribution in [0.5, 0.6) is 5.75 Å². The topological polar surface area (TPSA) is 77.2 Å². The van der Waals surface area contributed by atoms with Crippen LogP contribution in [0.2, 0.25) is 0 Å². The fourth-order valence-electron chi connectivity index (χ4n) is 3.23. The number of rotatable bonds is 6. The fraction of sp³-hybridized carbons (Fsp3) is 0.316. The summed E-state index contributed by atoms with van der Waals surface area (Å²) in [4.78, 5) is 12.4. The Bertz CT molecular complexity index is 918. The van der Waals surface area contributed by atoms with Gasteiger partial charge in [-0.15, -0.1) is 10.2 Å². The lowest BCUT2D eigenvalue weighted by molar-refractivity contribution is -0.116. The zero-order valence-corrected chi connectivity index (χ0v) is 15.3. The number of carbonyl (C=O) groups excluding carboxylic acids is 1. The molecule has 1 amide bonds. The highest BCUT2D eigenvalue weighted by Crippen LogP contribution is 2.36. The maximum Gasteiger partial charge on any atom is 0.248 e. The number of nitrogens with one attached hydrogen (secondary N) is 1. The SMILES string of the molecule is COc1ccc2c(c1NC(=O)CCc1nnc(-c3ccsc3)o1)CCC2. The molecule has 0 saturated heterocycles. The van der Waals surface area contributed by atoms with Gasteiger partial charge in [0.15, 0.2) is 0 Å². The maximum atomic E-state index is 12.4. The average Bonchev–Trinajstić information content (AvgIpc) is 3.40. The summed E-state index contributed by atoms with van der Waals surface area (Å²) in [6.45, 7) is 0. The molecule has 1 aromatic carbocycles. The van der Waals surface area contributed by atoms with Gasteiger partial charge in [-0.3, -0.25) is 4.79 Å². The van der Waals surface area contributed by atoms with Gasteiger partial charge in [0.1, 0.15) is 5.75 Å². The Morgan fingerprint density at radius 3 is 3.04 bits per heavy atom. The highest BCUT2D eigenvalue weighted by molar-refractivity contribution is 7.08. The molecule has 0 aliphatic heterocycles. The summed E-state index contributed by atoms with van der Waals surface area (Å²) in [6.07, 6.45) is 3.81. The molecule has 1 aliphatic rings. The van der Waals surface area contributed by atoms with Gasteiger partial charge in [0.05, 0.1) is 12.8 Å². The summed E-state index contributed by atoms with van der Waals surface area (Å²) in [6, 6.07) is 5.93. The number of nitrogens with zero attached hydrogens (tertiary/aromatic N) is 2. The first kappa shape index (κ1) is 16.8. The number of fused-ring (bicyclic) bond motifs is 1. The Morgan fingerprint density at radius 2 is 2.23 bits per heavy atom. The van der Waals surface area contributed by atoms with Crippen LogP contribution in [-0.2, 0) is 24.1 Å². The van der Waals surface area contributed by atoms with Gasteiger partial charge in [-0.2, -0.15) is 11.3 Å². The molecule has 0 saturated carbocycles. The number of hydrogen-bond donors (Lipinski definition) is 1. The minimum absolute atomic E-state index is 0.0844. The number of amides is 1. The maximum absolute atomic E-state index is 12.4. The van der Waals surface area contributed by atoms with E-state index >= 15 is 0 Å². The van der Waals surface area contributed by atoms with E-state index < -0.39 is 0 Å². The molecule has 3 aromatic rings. The first-order valence-corrected chi connectivity index (χ1v) is 9.52. The van der Waals surface area contributed by atoms with Crippen LogP contribution in [0.1, 0.15) is 29.9 Å². The number of aromatic nitrogens is 2. The first-order valence-electron chi connectivity index (χ1n) is 8.58. The molecule has 2 aromatic heterocycles. The van der Waals surface area contributed by atoms with Crippen molar-refractivity contribution in [2.24, 2.45) is 0 Å². The van der Waals surface area contributed by atoms with Gasteiger partial charge >= 0.3 is 0 Å². The molecule has 1 N–H and O–H groups in total. The minimum atomic E-state index is -0.0844. The van der Waals surface area contributed by atoms with E-state index in [1.165, 1.54) is 11.1 Å². The van der Waals surface area contributed by atoms with Crippen molar-refractivity contribution in [3.05, 3.63) is 46.0 Å². The molecule has 134 valence electrons. The van der Waals surface area contributed by atoms with Crippen LogP contribution in [0.15, 0.2) is 33.4 Å². The Kier molecular flexibility index (Phi) is 4.71. The van der Waals surface area contributed by atoms with E-state index in [2.05, 4.69) is 21.6 Å². The van der Waals surface area contributed by atoms with E-state index in [1.54, 1.807) is 18.4 Å². The van der Waals surface area contributed by atoms with Crippen molar-refractivity contribution in [3.8, 4) is 17.2 Å². The van der Waals surface area contributed by atoms with E-state index in [9.17, 15) is 4.79 Å². The van der Waals surface area contributed by atoms with Crippen LogP contribution < -0.4 is 10.1 Å². The number of anilines is 1. The number of methoxy groups -OCH3 is 1. The van der Waals surface area contributed by atoms with Crippen LogP contribution >= 0.6 is 11.3 Å². The summed E-state index contributed by atoms with van der Waals surface area (Å²) in [5.41, 5.74) is 4.19. The third-order valence-corrected chi connectivity index (χ3v) is 5.21. The molecule has 1 aliphatic carbocycles. The minimum Gasteiger partial charge on any atom is -0.495 e. The summed E-state index contributed by atoms with van der Waals surface area (Å²) in [7, 11) is 1.62. The lowest BCUT2D eigenvalue weighted by Crippen LogP contribution is -2.14. The van der Waals surface area contributed by atoms with Crippen LogP contribution in [0.4, 0.5) is 5.69 Å². The molecule has 2 heterocycles. The molecule has 0 bridgehead atoms. The predicted molar refractivity (Wildman–Crippen MR) is 99.6 cm³/mol. The second-order valence-electron chi connectivity index (χ2n) is 6.20. The van der Waals surface area contributed by atoms with Crippen LogP contribution in [0.3, 0.4) is 0 Å². The highest BCUT2D eigenvalue weighted by Gasteiger charge is 2.20. The molecule has 26 heavy (non-hydrogen) atoms. The lowest BCUT2D eigenvalue weighted by atomic mass is 10.1. The smallest absolute Gasteiger partial charge is 0.248 e. The highest BCUT2D eigenvalue weighted by atomic mass is 32.1. The van der Waals surface area contributed by atoms with Crippen molar-refractivity contribution in [3.63, 3.8) is 0 Å². The molecule has 0 radical (unpaired) electrons. The number of ether oxygens (including phenoxy) is 1. The molecule has 0 atom stereocenters. The quantitative estimate of drug-likeness (QED) is 0.714. The standard InChI is InChI=1S/C19H19N3O3S/c1-24-15-6-5-12-3-2-4-14(12)18(15)20-16(23)7-8-17-21-22-19(25-17)13-9-10-26-11-13/h5-6,9-11H,2-4,7-8H2,1H3,(H,20,23). The van der Waals surface area contributed by atoms with Gasteiger partial charge in [0, 0.05) is 23.8 Å². The third-order valence-electron chi connectivity index (χ3n) is 4.53. The van der Waals surface area contributed by atoms with Crippen molar-refractivity contribution < 1.29 is 13.9 Å². The Balaban J connectivity index is 1.42. The fourth-order valence-corrected chi connectivity index (χ4v) is 3.86. The van der Waals surface area contributed by atoms with E-state index in [1.807, 2.05) is 22.9 Å². The normalized spacial score (nSPS) is 12.8. The summed E-state index contributed by atoms with van der Waals surface area (Å²) in [5, 5.41) is 15.0. The van der Waals surface area contributed by atoms with E-state index in [0.717, 1.165) is 30.5 Å². The largest absolute Gasteiger partial charge is 0.495 e. The number of aryl methyl sites for hydroxylation is 2. The van der Waals surface area contributed by atoms with E-state index in [0.29, 0.717) is 24.0 Å². The number of carbonyl (C=O) groups is 1. The second-order valence-corrected chi connectivity index (χ2v) is 6.98. The third kappa shape index (κ3) is 3.35. The molecule has 0 fully saturated rings. The molecule has 0 spiro atoms. The molecular formula is C19H19N3O3S. The van der Waals surface area contributed by atoms with Crippen molar-refractivity contribution in [1.82, 2.24) is 10.2 Å². The summed E-state index contributed by atoms with van der Waals surface area (Å²) >= 11 is 1.57. The van der Waals surface area contributed by atoms with Gasteiger partial charge in [-0.1, -0.05) is 6.07 Å². The second kappa shape index (κ2) is 7.29. The van der Waals surface area contributed by atoms with E-state index in [-0.39, 0.29) is 12.3 Å². The first-order chi connectivity index (χ1) is 12.7. The summed E-state index contributed by atoms with van der Waals surface area (Å²) in [5.74, 6) is 1.58. The Labute approximate surface area is 155 Å². The van der Waals surface area contributed by atoms with Gasteiger partial charge < -0.3 is 14.5 Å². The zero-order chi connectivity index (χ0) is 17.9. The van der Waals surface area contributed by atoms with Crippen molar-refractivity contribution in [2.75, 3.05) is 12.4 Å². The number of benzene rings is 1. The van der Waals surface area contributed by atoms with Crippen LogP contribution in [-0.4, -0.2) is 23.2 Å². The molecular weight excluding hydrogens is 350 g/mol. The zero-order valence-electron chi connectivity index (χ0n) is 14.4. The van der Waals surface area contributed by atoms with Crippen LogP contribution in [0, 0.1) is 0 Å². The Morgan fingerprint density at radius 1 is 1.31 bits per heavy atom. The van der Waals surface area contributed by atoms with E-state index in [4.69, 9.17) is 9.15 Å². The monoisotopic (exact) mass is 369 g/mol. The number of hydrogen-bond acceptors (Lipinski definition) is 6. The van der Waals surface area contributed by atoms with Gasteiger partial charge in [-0.05, 0) is 47.9 Å². The molecule has 4 rings (SSSR count). The predicted octanol–water partition coefficient (Wildman–Crippen LogP) is 3.87. The molecule has 6 nitrogen and oxygen atoms in total. The Hall–Kier alpha value is -2.67. The lowest BCUT2D eigenvalue weighted by Gasteiger charge is -2.14. The van der Waals surface area contributed by atoms with Crippen molar-refractivity contribution in [2.45, 2.75) is 32.1 Å². The average molecular weight is 369 g/mol. The number of thiophene rings is 1. The summed E-state index contributed by atoms with van der Waals surface area (Å²) < 4.78 is 11.1. The van der Waals surface area contributed by atoms with Crippen molar-refractivity contribution in [1.29, 1.82) is 0 Å². The van der Waals surface area contributed by atoms with Gasteiger partial charge in [0.2, 0.25) is 17.7 Å².